The highest BCUT2D eigenvalue weighted by Crippen LogP contribution is 2.24. The van der Waals surface area contributed by atoms with E-state index in [1.54, 1.807) is 0 Å². The summed E-state index contributed by atoms with van der Waals surface area (Å²) in [6.07, 6.45) is 7.37. The maximum Gasteiger partial charge on any atom is 0.157 e. The average molecular weight is 270 g/mol. The van der Waals surface area contributed by atoms with Crippen molar-refractivity contribution in [2.45, 2.75) is 57.8 Å². The second kappa shape index (κ2) is 8.20. The predicted molar refractivity (Wildman–Crippen MR) is 77.0 cm³/mol. The van der Waals surface area contributed by atoms with Crippen molar-refractivity contribution in [1.82, 2.24) is 4.90 Å². The Balaban J connectivity index is 1.66. The van der Waals surface area contributed by atoms with Crippen molar-refractivity contribution in [3.63, 3.8) is 0 Å². The minimum absolute atomic E-state index is 0.0401. The van der Waals surface area contributed by atoms with E-state index in [1.165, 1.54) is 38.6 Å². The van der Waals surface area contributed by atoms with Gasteiger partial charge in [-0.1, -0.05) is 13.3 Å². The Morgan fingerprint density at radius 1 is 1.32 bits per heavy atom. The molecule has 2 N–H and O–H groups in total. The number of hydrogen-bond donors (Lipinski definition) is 1. The van der Waals surface area contributed by atoms with Crippen LogP contribution in [0.4, 0.5) is 0 Å². The van der Waals surface area contributed by atoms with Crippen LogP contribution in [-0.2, 0) is 9.47 Å². The number of piperidine rings is 1. The fourth-order valence-electron chi connectivity index (χ4n) is 3.24. The monoisotopic (exact) mass is 270 g/mol. The third-order valence-electron chi connectivity index (χ3n) is 4.62. The summed E-state index contributed by atoms with van der Waals surface area (Å²) in [4.78, 5) is 2.51. The van der Waals surface area contributed by atoms with Crippen molar-refractivity contribution < 1.29 is 9.47 Å². The van der Waals surface area contributed by atoms with Gasteiger partial charge in [0.15, 0.2) is 6.29 Å². The van der Waals surface area contributed by atoms with Gasteiger partial charge in [-0.15, -0.1) is 0 Å². The van der Waals surface area contributed by atoms with Gasteiger partial charge in [0.25, 0.3) is 0 Å². The molecule has 112 valence electrons. The lowest BCUT2D eigenvalue weighted by Gasteiger charge is -2.39. The first-order valence-electron chi connectivity index (χ1n) is 8.00. The zero-order chi connectivity index (χ0) is 13.5. The van der Waals surface area contributed by atoms with Crippen LogP contribution >= 0.6 is 0 Å². The molecule has 3 unspecified atom stereocenters. The van der Waals surface area contributed by atoms with Gasteiger partial charge in [-0.25, -0.2) is 0 Å². The van der Waals surface area contributed by atoms with E-state index < -0.39 is 0 Å². The summed E-state index contributed by atoms with van der Waals surface area (Å²) in [6, 6.07) is 0.551. The van der Waals surface area contributed by atoms with Crippen LogP contribution in [-0.4, -0.2) is 50.1 Å². The standard InChI is InChI=1S/C15H30N2O2/c1-2-13-6-7-17(14(11-13)12-16)8-10-19-15-5-3-4-9-18-15/h13-15H,2-12,16H2,1H3. The van der Waals surface area contributed by atoms with Crippen LogP contribution in [0.5, 0.6) is 0 Å². The minimum Gasteiger partial charge on any atom is -0.353 e. The number of likely N-dealkylation sites (tertiary alicyclic amines) is 1. The first kappa shape index (κ1) is 15.2. The molecule has 2 saturated heterocycles. The molecule has 0 aromatic rings. The predicted octanol–water partition coefficient (Wildman–Crippen LogP) is 1.98. The Bertz CT molecular complexity index is 244. The highest BCUT2D eigenvalue weighted by Gasteiger charge is 2.26. The second-order valence-electron chi connectivity index (χ2n) is 5.89. The molecule has 19 heavy (non-hydrogen) atoms. The van der Waals surface area contributed by atoms with E-state index in [2.05, 4.69) is 11.8 Å². The molecule has 0 radical (unpaired) electrons. The van der Waals surface area contributed by atoms with E-state index in [1.807, 2.05) is 0 Å². The van der Waals surface area contributed by atoms with E-state index in [0.717, 1.165) is 38.6 Å². The summed E-state index contributed by atoms with van der Waals surface area (Å²) >= 11 is 0. The zero-order valence-electron chi connectivity index (χ0n) is 12.4. The van der Waals surface area contributed by atoms with E-state index in [-0.39, 0.29) is 6.29 Å². The smallest absolute Gasteiger partial charge is 0.157 e. The van der Waals surface area contributed by atoms with Crippen LogP contribution in [0.25, 0.3) is 0 Å². The number of nitrogens with two attached hydrogens (primary N) is 1. The largest absolute Gasteiger partial charge is 0.353 e. The van der Waals surface area contributed by atoms with Crippen molar-refractivity contribution in [2.24, 2.45) is 11.7 Å². The van der Waals surface area contributed by atoms with Crippen LogP contribution < -0.4 is 5.73 Å². The fourth-order valence-corrected chi connectivity index (χ4v) is 3.24. The van der Waals surface area contributed by atoms with E-state index >= 15 is 0 Å². The number of hydrogen-bond acceptors (Lipinski definition) is 4. The quantitative estimate of drug-likeness (QED) is 0.802. The van der Waals surface area contributed by atoms with E-state index in [9.17, 15) is 0 Å². The van der Waals surface area contributed by atoms with Crippen molar-refractivity contribution in [2.75, 3.05) is 32.8 Å². The van der Waals surface area contributed by atoms with Crippen molar-refractivity contribution >= 4 is 0 Å². The van der Waals surface area contributed by atoms with Gasteiger partial charge in [-0.2, -0.15) is 0 Å². The highest BCUT2D eigenvalue weighted by atomic mass is 16.7. The Kier molecular flexibility index (Phi) is 6.57. The van der Waals surface area contributed by atoms with Gasteiger partial charge >= 0.3 is 0 Å². The first-order valence-corrected chi connectivity index (χ1v) is 8.00. The summed E-state index contributed by atoms with van der Waals surface area (Å²) in [7, 11) is 0. The molecule has 4 nitrogen and oxygen atoms in total. The summed E-state index contributed by atoms with van der Waals surface area (Å²) in [6.45, 7) is 6.87. The van der Waals surface area contributed by atoms with Crippen LogP contribution in [0.1, 0.15) is 45.4 Å². The van der Waals surface area contributed by atoms with Crippen molar-refractivity contribution in [3.8, 4) is 0 Å². The molecule has 0 aliphatic carbocycles. The molecular weight excluding hydrogens is 240 g/mol. The van der Waals surface area contributed by atoms with Gasteiger partial charge in [0.1, 0.15) is 0 Å². The van der Waals surface area contributed by atoms with Gasteiger partial charge in [0.2, 0.25) is 0 Å². The highest BCUT2D eigenvalue weighted by molar-refractivity contribution is 4.81. The fraction of sp³-hybridized carbons (Fsp3) is 1.00. The molecule has 2 aliphatic rings. The molecule has 0 saturated carbocycles. The Morgan fingerprint density at radius 3 is 2.89 bits per heavy atom. The molecule has 0 aromatic heterocycles. The van der Waals surface area contributed by atoms with Gasteiger partial charge in [-0.05, 0) is 44.6 Å². The van der Waals surface area contributed by atoms with Crippen LogP contribution in [0.3, 0.4) is 0 Å². The second-order valence-corrected chi connectivity index (χ2v) is 5.89. The molecule has 2 fully saturated rings. The molecule has 2 heterocycles. The van der Waals surface area contributed by atoms with Gasteiger partial charge in [-0.3, -0.25) is 4.90 Å². The average Bonchev–Trinajstić information content (AvgIpc) is 2.48. The third kappa shape index (κ3) is 4.71. The SMILES string of the molecule is CCC1CCN(CCOC2CCCCO2)C(CN)C1. The lowest BCUT2D eigenvalue weighted by molar-refractivity contribution is -0.165. The maximum atomic E-state index is 5.92. The Morgan fingerprint density at radius 2 is 2.21 bits per heavy atom. The molecule has 0 spiro atoms. The lowest BCUT2D eigenvalue weighted by Crippen LogP contribution is -2.48. The summed E-state index contributed by atoms with van der Waals surface area (Å²) < 4.78 is 11.4. The minimum atomic E-state index is 0.0401. The first-order chi connectivity index (χ1) is 9.33. The zero-order valence-corrected chi connectivity index (χ0v) is 12.4. The summed E-state index contributed by atoms with van der Waals surface area (Å²) in [5, 5.41) is 0. The topological polar surface area (TPSA) is 47.7 Å². The van der Waals surface area contributed by atoms with E-state index in [4.69, 9.17) is 15.2 Å². The van der Waals surface area contributed by atoms with Gasteiger partial charge < -0.3 is 15.2 Å². The molecule has 3 atom stereocenters. The molecule has 4 heteroatoms. The van der Waals surface area contributed by atoms with Crippen molar-refractivity contribution in [1.29, 1.82) is 0 Å². The number of rotatable bonds is 6. The number of nitrogens with zero attached hydrogens (tertiary/aromatic N) is 1. The van der Waals surface area contributed by atoms with Crippen LogP contribution in [0.15, 0.2) is 0 Å². The molecule has 2 rings (SSSR count). The number of ether oxygens (including phenoxy) is 2. The molecule has 0 bridgehead atoms. The van der Waals surface area contributed by atoms with Gasteiger partial charge in [0.05, 0.1) is 6.61 Å². The Hall–Kier alpha value is -0.160. The summed E-state index contributed by atoms with van der Waals surface area (Å²) in [5.41, 5.74) is 5.92. The summed E-state index contributed by atoms with van der Waals surface area (Å²) in [5.74, 6) is 0.868. The molecular formula is C15H30N2O2. The van der Waals surface area contributed by atoms with Crippen LogP contribution in [0, 0.1) is 5.92 Å². The van der Waals surface area contributed by atoms with E-state index in [0.29, 0.717) is 6.04 Å². The molecule has 2 aliphatic heterocycles. The normalized spacial score (nSPS) is 33.5. The lowest BCUT2D eigenvalue weighted by atomic mass is 9.89. The Labute approximate surface area is 117 Å². The molecule has 0 amide bonds. The molecule has 0 aromatic carbocycles. The van der Waals surface area contributed by atoms with Gasteiger partial charge in [0, 0.05) is 25.7 Å². The van der Waals surface area contributed by atoms with Crippen molar-refractivity contribution in [3.05, 3.63) is 0 Å². The maximum absolute atomic E-state index is 5.92. The van der Waals surface area contributed by atoms with Crippen LogP contribution in [0.2, 0.25) is 0 Å². The third-order valence-corrected chi connectivity index (χ3v) is 4.62.